The molecule has 1 aliphatic rings. The lowest BCUT2D eigenvalue weighted by Gasteiger charge is -2.33. The molecule has 2 aromatic rings. The van der Waals surface area contributed by atoms with E-state index in [-0.39, 0.29) is 22.8 Å². The number of hydrogen-bond acceptors (Lipinski definition) is 5. The zero-order valence-corrected chi connectivity index (χ0v) is 17.4. The van der Waals surface area contributed by atoms with Gasteiger partial charge in [-0.25, -0.2) is 13.6 Å². The summed E-state index contributed by atoms with van der Waals surface area (Å²) < 4.78 is 33.5. The molecular formula is C21H26N2O5S. The number of rotatable bonds is 6. The molecule has 8 heteroatoms. The molecule has 0 spiro atoms. The van der Waals surface area contributed by atoms with Gasteiger partial charge in [0.2, 0.25) is 10.0 Å². The minimum atomic E-state index is -3.78. The summed E-state index contributed by atoms with van der Waals surface area (Å²) >= 11 is 0. The largest absolute Gasteiger partial charge is 0.493 e. The van der Waals surface area contributed by atoms with Gasteiger partial charge < -0.3 is 14.8 Å². The maximum atomic E-state index is 12.7. The summed E-state index contributed by atoms with van der Waals surface area (Å²) in [7, 11) is -0.580. The zero-order chi connectivity index (χ0) is 21.0. The number of amides is 1. The molecule has 156 valence electrons. The van der Waals surface area contributed by atoms with E-state index in [1.54, 1.807) is 14.2 Å². The fraction of sp³-hybridized carbons (Fsp3) is 0.381. The fourth-order valence-electron chi connectivity index (χ4n) is 3.83. The minimum absolute atomic E-state index is 0.0186. The number of nitrogens with two attached hydrogens (primary N) is 1. The molecule has 7 nitrogen and oxygen atoms in total. The van der Waals surface area contributed by atoms with Crippen LogP contribution in [0.3, 0.4) is 0 Å². The molecule has 3 rings (SSSR count). The summed E-state index contributed by atoms with van der Waals surface area (Å²) in [6.45, 7) is 0. The first kappa shape index (κ1) is 21.1. The van der Waals surface area contributed by atoms with Crippen LogP contribution in [-0.4, -0.2) is 34.6 Å². The van der Waals surface area contributed by atoms with Gasteiger partial charge in [-0.3, -0.25) is 4.79 Å². The molecule has 0 aromatic heterocycles. The van der Waals surface area contributed by atoms with Crippen molar-refractivity contribution in [2.75, 3.05) is 14.2 Å². The monoisotopic (exact) mass is 418 g/mol. The van der Waals surface area contributed by atoms with Crippen molar-refractivity contribution in [2.45, 2.75) is 42.5 Å². The number of nitrogens with one attached hydrogen (secondary N) is 1. The predicted molar refractivity (Wildman–Crippen MR) is 110 cm³/mol. The topological polar surface area (TPSA) is 108 Å². The summed E-state index contributed by atoms with van der Waals surface area (Å²) in [5.41, 5.74) is 1.49. The lowest BCUT2D eigenvalue weighted by Crippen LogP contribution is -2.41. The Bertz CT molecular complexity index is 973. The van der Waals surface area contributed by atoms with Crippen LogP contribution in [-0.2, 0) is 10.0 Å². The van der Waals surface area contributed by atoms with E-state index in [2.05, 4.69) is 5.32 Å². The highest BCUT2D eigenvalue weighted by Gasteiger charge is 2.29. The van der Waals surface area contributed by atoms with Crippen LogP contribution >= 0.6 is 0 Å². The maximum absolute atomic E-state index is 12.7. The Kier molecular flexibility index (Phi) is 6.44. The van der Waals surface area contributed by atoms with Gasteiger partial charge in [-0.1, -0.05) is 18.9 Å². The normalized spacial score (nSPS) is 19.4. The number of carbonyl (C=O) groups is 1. The van der Waals surface area contributed by atoms with Crippen molar-refractivity contribution in [1.29, 1.82) is 0 Å². The van der Waals surface area contributed by atoms with Gasteiger partial charge in [-0.2, -0.15) is 0 Å². The number of hydrogen-bond donors (Lipinski definition) is 2. The zero-order valence-electron chi connectivity index (χ0n) is 16.6. The summed E-state index contributed by atoms with van der Waals surface area (Å²) in [6, 6.07) is 11.5. The Morgan fingerprint density at radius 3 is 2.28 bits per heavy atom. The smallest absolute Gasteiger partial charge is 0.251 e. The summed E-state index contributed by atoms with van der Waals surface area (Å²) in [6.07, 6.45) is 3.97. The van der Waals surface area contributed by atoms with Crippen LogP contribution in [0.1, 0.15) is 47.5 Å². The third-order valence-corrected chi connectivity index (χ3v) is 6.29. The average Bonchev–Trinajstić information content (AvgIpc) is 2.73. The highest BCUT2D eigenvalue weighted by molar-refractivity contribution is 7.89. The Morgan fingerprint density at radius 1 is 1.00 bits per heavy atom. The Balaban J connectivity index is 1.79. The molecule has 2 unspecified atom stereocenters. The van der Waals surface area contributed by atoms with Crippen LogP contribution in [0.4, 0.5) is 0 Å². The van der Waals surface area contributed by atoms with Gasteiger partial charge in [0.15, 0.2) is 11.5 Å². The standard InChI is InChI=1S/C21H26N2O5S/c1-27-19-12-9-15(13-20(19)28-2)17-5-3-4-6-18(17)23-21(24)14-7-10-16(11-8-14)29(22,25)26/h7-13,17-18H,3-6H2,1-2H3,(H,23,24)(H2,22,25,26). The highest BCUT2D eigenvalue weighted by Crippen LogP contribution is 2.37. The lowest BCUT2D eigenvalue weighted by atomic mass is 9.79. The molecular weight excluding hydrogens is 392 g/mol. The van der Waals surface area contributed by atoms with Crippen molar-refractivity contribution in [3.05, 3.63) is 53.6 Å². The van der Waals surface area contributed by atoms with E-state index in [1.807, 2.05) is 18.2 Å². The Hall–Kier alpha value is -2.58. The lowest BCUT2D eigenvalue weighted by molar-refractivity contribution is 0.0920. The molecule has 29 heavy (non-hydrogen) atoms. The van der Waals surface area contributed by atoms with Crippen LogP contribution in [0.15, 0.2) is 47.4 Å². The fourth-order valence-corrected chi connectivity index (χ4v) is 4.35. The molecule has 2 aromatic carbocycles. The number of benzene rings is 2. The van der Waals surface area contributed by atoms with E-state index in [0.29, 0.717) is 17.1 Å². The Morgan fingerprint density at radius 2 is 1.66 bits per heavy atom. The van der Waals surface area contributed by atoms with E-state index < -0.39 is 10.0 Å². The first-order valence-electron chi connectivity index (χ1n) is 9.49. The van der Waals surface area contributed by atoms with Crippen molar-refractivity contribution >= 4 is 15.9 Å². The van der Waals surface area contributed by atoms with Crippen molar-refractivity contribution in [1.82, 2.24) is 5.32 Å². The van der Waals surface area contributed by atoms with Crippen molar-refractivity contribution < 1.29 is 22.7 Å². The Labute approximate surface area is 171 Å². The number of sulfonamides is 1. The van der Waals surface area contributed by atoms with Gasteiger partial charge in [0.05, 0.1) is 19.1 Å². The first-order valence-corrected chi connectivity index (χ1v) is 11.0. The molecule has 0 radical (unpaired) electrons. The molecule has 0 heterocycles. The predicted octanol–water partition coefficient (Wildman–Crippen LogP) is 2.81. The van der Waals surface area contributed by atoms with Crippen molar-refractivity contribution in [3.63, 3.8) is 0 Å². The molecule has 0 saturated heterocycles. The first-order chi connectivity index (χ1) is 13.8. The molecule has 3 N–H and O–H groups in total. The van der Waals surface area contributed by atoms with Crippen LogP contribution < -0.4 is 19.9 Å². The second kappa shape index (κ2) is 8.84. The molecule has 0 aliphatic heterocycles. The van der Waals surface area contributed by atoms with E-state index in [0.717, 1.165) is 31.2 Å². The van der Waals surface area contributed by atoms with Crippen LogP contribution in [0, 0.1) is 0 Å². The second-order valence-electron chi connectivity index (χ2n) is 7.15. The summed E-state index contributed by atoms with van der Waals surface area (Å²) in [5, 5.41) is 8.23. The third-order valence-electron chi connectivity index (χ3n) is 5.36. The molecule has 1 aliphatic carbocycles. The van der Waals surface area contributed by atoms with E-state index in [9.17, 15) is 13.2 Å². The number of primary sulfonamides is 1. The molecule has 1 amide bonds. The quantitative estimate of drug-likeness (QED) is 0.750. The van der Waals surface area contributed by atoms with Crippen LogP contribution in [0.5, 0.6) is 11.5 Å². The van der Waals surface area contributed by atoms with Crippen LogP contribution in [0.25, 0.3) is 0 Å². The third kappa shape index (κ3) is 4.89. The van der Waals surface area contributed by atoms with Gasteiger partial charge in [0.1, 0.15) is 0 Å². The molecule has 1 saturated carbocycles. The summed E-state index contributed by atoms with van der Waals surface area (Å²) in [5.74, 6) is 1.27. The minimum Gasteiger partial charge on any atom is -0.493 e. The number of carbonyl (C=O) groups excluding carboxylic acids is 1. The highest BCUT2D eigenvalue weighted by atomic mass is 32.2. The molecule has 0 bridgehead atoms. The van der Waals surface area contributed by atoms with Crippen LogP contribution in [0.2, 0.25) is 0 Å². The second-order valence-corrected chi connectivity index (χ2v) is 8.72. The van der Waals surface area contributed by atoms with Crippen molar-refractivity contribution in [2.24, 2.45) is 5.14 Å². The van der Waals surface area contributed by atoms with Gasteiger partial charge >= 0.3 is 0 Å². The van der Waals surface area contributed by atoms with E-state index >= 15 is 0 Å². The number of methoxy groups -OCH3 is 2. The average molecular weight is 419 g/mol. The SMILES string of the molecule is COc1ccc(C2CCCCC2NC(=O)c2ccc(S(N)(=O)=O)cc2)cc1OC. The maximum Gasteiger partial charge on any atom is 0.251 e. The molecule has 1 fully saturated rings. The van der Waals surface area contributed by atoms with E-state index in [1.165, 1.54) is 24.3 Å². The van der Waals surface area contributed by atoms with Gasteiger partial charge in [0, 0.05) is 17.5 Å². The number of ether oxygens (including phenoxy) is 2. The van der Waals surface area contributed by atoms with E-state index in [4.69, 9.17) is 14.6 Å². The van der Waals surface area contributed by atoms with Crippen molar-refractivity contribution in [3.8, 4) is 11.5 Å². The van der Waals surface area contributed by atoms with Gasteiger partial charge in [-0.05, 0) is 54.8 Å². The van der Waals surface area contributed by atoms with Gasteiger partial charge in [0.25, 0.3) is 5.91 Å². The molecule has 2 atom stereocenters. The van der Waals surface area contributed by atoms with Gasteiger partial charge in [-0.15, -0.1) is 0 Å². The summed E-state index contributed by atoms with van der Waals surface area (Å²) in [4.78, 5) is 12.7.